The summed E-state index contributed by atoms with van der Waals surface area (Å²) in [6.07, 6.45) is 0. The first-order valence-electron chi connectivity index (χ1n) is 27.7. The predicted octanol–water partition coefficient (Wildman–Crippen LogP) is 18.3. The fourth-order valence-corrected chi connectivity index (χ4v) is 15.2. The molecule has 0 saturated heterocycles. The van der Waals surface area contributed by atoms with Crippen LogP contribution in [0.15, 0.2) is 194 Å². The molecule has 0 atom stereocenters. The van der Waals surface area contributed by atoms with Crippen LogP contribution >= 0.6 is 11.3 Å². The number of nitrogens with zero attached hydrogens (tertiary/aromatic N) is 2. The molecule has 76 heavy (non-hydrogen) atoms. The quantitative estimate of drug-likeness (QED) is 0.140. The fraction of sp³-hybridized carbons (Fsp3) is 0.194. The van der Waals surface area contributed by atoms with E-state index in [-0.39, 0.29) is 6.71 Å². The number of thiophene rings is 1. The van der Waals surface area contributed by atoms with Gasteiger partial charge in [-0.3, -0.25) is 0 Å². The Balaban J connectivity index is 1.10. The van der Waals surface area contributed by atoms with Crippen molar-refractivity contribution in [2.75, 3.05) is 9.80 Å². The molecule has 0 saturated carbocycles. The standard InChI is InChI=1S/C72H63BN2S/c1-42(2)47-23-30-53(31-24-47)74-64-41-52(59-39-50(44(5)6)27-34-55(59)49-17-11-10-12-18-49)29-36-63(64)73-68-65(74)37-46(9)38-66(68)75(54-32-25-48(26-33-54)43(3)4)69-67-58-35-28-51(45(7)8)40-62(58)72(70(67)76-71(69)73)60-21-15-13-19-56(60)57-20-14-16-22-61(57)72/h10-45H,1-9H3. The molecule has 2 nitrogen and oxygen atoms in total. The Morgan fingerprint density at radius 2 is 0.934 bits per heavy atom. The van der Waals surface area contributed by atoms with Crippen LogP contribution in [0.3, 0.4) is 0 Å². The summed E-state index contributed by atoms with van der Waals surface area (Å²) in [5.41, 5.74) is 30.9. The van der Waals surface area contributed by atoms with Gasteiger partial charge in [0.15, 0.2) is 0 Å². The smallest absolute Gasteiger partial charge is 0.264 e. The first kappa shape index (κ1) is 46.8. The number of hydrogen-bond donors (Lipinski definition) is 0. The van der Waals surface area contributed by atoms with E-state index in [2.05, 4.69) is 278 Å². The average molecular weight is 999 g/mol. The lowest BCUT2D eigenvalue weighted by Crippen LogP contribution is -2.60. The van der Waals surface area contributed by atoms with E-state index < -0.39 is 5.41 Å². The highest BCUT2D eigenvalue weighted by Gasteiger charge is 2.57. The van der Waals surface area contributed by atoms with Crippen LogP contribution in [0, 0.1) is 6.92 Å². The maximum Gasteiger partial charge on any atom is 0.264 e. The minimum atomic E-state index is -0.482. The van der Waals surface area contributed by atoms with Gasteiger partial charge in [0.05, 0.1) is 11.1 Å². The van der Waals surface area contributed by atoms with Gasteiger partial charge < -0.3 is 9.80 Å². The summed E-state index contributed by atoms with van der Waals surface area (Å²) in [7, 11) is 0. The zero-order chi connectivity index (χ0) is 51.9. The van der Waals surface area contributed by atoms with Gasteiger partial charge in [-0.05, 0) is 167 Å². The van der Waals surface area contributed by atoms with Crippen molar-refractivity contribution in [3.8, 4) is 44.5 Å². The first-order chi connectivity index (χ1) is 36.9. The van der Waals surface area contributed by atoms with E-state index in [9.17, 15) is 0 Å². The summed E-state index contributed by atoms with van der Waals surface area (Å²) in [6, 6.07) is 75.6. The van der Waals surface area contributed by atoms with Gasteiger partial charge in [0, 0.05) is 43.7 Å². The van der Waals surface area contributed by atoms with Crippen molar-refractivity contribution in [3.05, 3.63) is 244 Å². The third kappa shape index (κ3) is 6.72. The fourth-order valence-electron chi connectivity index (χ4n) is 13.6. The van der Waals surface area contributed by atoms with Crippen molar-refractivity contribution >= 4 is 67.9 Å². The van der Waals surface area contributed by atoms with Crippen LogP contribution in [-0.2, 0) is 5.41 Å². The largest absolute Gasteiger partial charge is 0.311 e. The van der Waals surface area contributed by atoms with Gasteiger partial charge in [0.2, 0.25) is 0 Å². The number of benzene rings is 9. The van der Waals surface area contributed by atoms with Crippen LogP contribution in [-0.4, -0.2) is 6.71 Å². The van der Waals surface area contributed by atoms with E-state index >= 15 is 0 Å². The second kappa shape index (κ2) is 17.4. The number of hydrogen-bond acceptors (Lipinski definition) is 3. The SMILES string of the molecule is Cc1cc2c3c(c1)N(c1ccc(C(C)C)cc1)c1c(sc4c1-c1ccc(C(C)C)cc1C41c4ccccc4-c4ccccc41)B3c1ccc(-c3cc(C(C)C)ccc3-c3ccccc3)cc1N2c1ccc(C(C)C)cc1. The Morgan fingerprint density at radius 3 is 1.54 bits per heavy atom. The molecular formula is C72H63BN2S. The summed E-state index contributed by atoms with van der Waals surface area (Å²) < 4.78 is 1.41. The highest BCUT2D eigenvalue weighted by molar-refractivity contribution is 7.30. The van der Waals surface area contributed by atoms with Crippen LogP contribution in [0.1, 0.15) is 128 Å². The third-order valence-corrected chi connectivity index (χ3v) is 18.8. The van der Waals surface area contributed by atoms with E-state index in [1.165, 1.54) is 144 Å². The second-order valence-electron chi connectivity index (χ2n) is 23.2. The van der Waals surface area contributed by atoms with E-state index in [0.29, 0.717) is 23.7 Å². The molecule has 4 aliphatic rings. The van der Waals surface area contributed by atoms with Gasteiger partial charge in [0.25, 0.3) is 6.71 Å². The highest BCUT2D eigenvalue weighted by atomic mass is 32.1. The van der Waals surface area contributed by atoms with Crippen LogP contribution in [0.2, 0.25) is 0 Å². The minimum absolute atomic E-state index is 0.0319. The summed E-state index contributed by atoms with van der Waals surface area (Å²) >= 11 is 2.08. The monoisotopic (exact) mass is 998 g/mol. The molecule has 14 rings (SSSR count). The van der Waals surface area contributed by atoms with Gasteiger partial charge in [0.1, 0.15) is 0 Å². The van der Waals surface area contributed by atoms with Gasteiger partial charge in [-0.2, -0.15) is 0 Å². The molecular weight excluding hydrogens is 936 g/mol. The van der Waals surface area contributed by atoms with E-state index in [0.717, 1.165) is 0 Å². The predicted molar refractivity (Wildman–Crippen MR) is 327 cm³/mol. The maximum atomic E-state index is 2.69. The third-order valence-electron chi connectivity index (χ3n) is 17.4. The minimum Gasteiger partial charge on any atom is -0.311 e. The molecule has 0 N–H and O–H groups in total. The second-order valence-corrected chi connectivity index (χ2v) is 24.3. The number of aryl methyl sites for hydroxylation is 1. The molecule has 1 aromatic heterocycles. The topological polar surface area (TPSA) is 6.48 Å². The maximum absolute atomic E-state index is 2.69. The van der Waals surface area contributed by atoms with Crippen molar-refractivity contribution in [1.29, 1.82) is 0 Å². The molecule has 0 bridgehead atoms. The average Bonchev–Trinajstić information content (AvgIpc) is 3.90. The molecule has 10 aromatic rings. The van der Waals surface area contributed by atoms with Crippen molar-refractivity contribution in [1.82, 2.24) is 0 Å². The van der Waals surface area contributed by atoms with Crippen LogP contribution in [0.25, 0.3) is 44.5 Å². The zero-order valence-electron chi connectivity index (χ0n) is 45.2. The van der Waals surface area contributed by atoms with E-state index in [1.807, 2.05) is 0 Å². The molecule has 0 unspecified atom stereocenters. The number of anilines is 6. The normalized spacial score (nSPS) is 14.1. The Hall–Kier alpha value is -7.66. The Labute approximate surface area is 454 Å². The lowest BCUT2D eigenvalue weighted by Gasteiger charge is -2.44. The Bertz CT molecular complexity index is 3920. The summed E-state index contributed by atoms with van der Waals surface area (Å²) in [6.45, 7) is 20.8. The molecule has 9 aromatic carbocycles. The van der Waals surface area contributed by atoms with Crippen molar-refractivity contribution in [3.63, 3.8) is 0 Å². The van der Waals surface area contributed by atoms with E-state index in [4.69, 9.17) is 0 Å². The molecule has 0 amide bonds. The number of fused-ring (bicyclic) bond motifs is 15. The molecule has 3 heterocycles. The lowest BCUT2D eigenvalue weighted by atomic mass is 9.36. The summed E-state index contributed by atoms with van der Waals surface area (Å²) in [5.74, 6) is 1.62. The molecule has 2 aliphatic carbocycles. The molecule has 2 aliphatic heterocycles. The van der Waals surface area contributed by atoms with Gasteiger partial charge in [-0.15, -0.1) is 11.3 Å². The molecule has 0 fully saturated rings. The molecule has 1 spiro atoms. The van der Waals surface area contributed by atoms with Crippen molar-refractivity contribution in [2.24, 2.45) is 0 Å². The Morgan fingerprint density at radius 1 is 0.408 bits per heavy atom. The zero-order valence-corrected chi connectivity index (χ0v) is 46.0. The van der Waals surface area contributed by atoms with E-state index in [1.54, 1.807) is 0 Å². The number of rotatable bonds is 8. The highest BCUT2D eigenvalue weighted by Crippen LogP contribution is 2.67. The van der Waals surface area contributed by atoms with Crippen LogP contribution in [0.4, 0.5) is 34.1 Å². The lowest BCUT2D eigenvalue weighted by molar-refractivity contribution is 0.799. The molecule has 370 valence electrons. The first-order valence-corrected chi connectivity index (χ1v) is 28.5. The van der Waals surface area contributed by atoms with Gasteiger partial charge in [-0.1, -0.05) is 207 Å². The Kier molecular flexibility index (Phi) is 10.8. The van der Waals surface area contributed by atoms with Crippen molar-refractivity contribution < 1.29 is 0 Å². The summed E-state index contributed by atoms with van der Waals surface area (Å²) in [5, 5.41) is 0. The van der Waals surface area contributed by atoms with Crippen LogP contribution < -0.4 is 25.5 Å². The van der Waals surface area contributed by atoms with Gasteiger partial charge >= 0.3 is 0 Å². The van der Waals surface area contributed by atoms with Gasteiger partial charge in [-0.25, -0.2) is 0 Å². The van der Waals surface area contributed by atoms with Crippen molar-refractivity contribution in [2.45, 2.75) is 91.4 Å². The summed E-state index contributed by atoms with van der Waals surface area (Å²) in [4.78, 5) is 6.73. The van der Waals surface area contributed by atoms with Crippen LogP contribution in [0.5, 0.6) is 0 Å². The molecule has 0 radical (unpaired) electrons. The molecule has 4 heteroatoms.